The lowest BCUT2D eigenvalue weighted by Gasteiger charge is -2.20. The smallest absolute Gasteiger partial charge is 0.276 e. The first-order valence-electron chi connectivity index (χ1n) is 6.40. The fraction of sp³-hybridized carbons (Fsp3) is 0.286. The van der Waals surface area contributed by atoms with Gasteiger partial charge in [0.1, 0.15) is 11.4 Å². The lowest BCUT2D eigenvalue weighted by Crippen LogP contribution is -2.42. The lowest BCUT2D eigenvalue weighted by atomic mass is 10.2. The first-order chi connectivity index (χ1) is 9.99. The standard InChI is InChI=1S/C14H17N3O4/c1-17(7-11(20)8-18)14-15-12(13(21)16-14)6-9-2-4-10(19)5-3-9/h2-6,11,18-20H,7-8H2,1H3,(H,15,16,21)/b12-6-. The molecule has 1 atom stereocenters. The van der Waals surface area contributed by atoms with E-state index in [-0.39, 0.29) is 30.5 Å². The first-order valence-corrected chi connectivity index (χ1v) is 6.40. The van der Waals surface area contributed by atoms with Crippen molar-refractivity contribution in [1.82, 2.24) is 10.2 Å². The minimum Gasteiger partial charge on any atom is -0.508 e. The zero-order valence-corrected chi connectivity index (χ0v) is 11.5. The Morgan fingerprint density at radius 2 is 2.05 bits per heavy atom. The van der Waals surface area contributed by atoms with Gasteiger partial charge in [0, 0.05) is 13.6 Å². The Balaban J connectivity index is 2.14. The van der Waals surface area contributed by atoms with E-state index in [0.717, 1.165) is 5.56 Å². The number of aromatic hydroxyl groups is 1. The molecule has 0 bridgehead atoms. The third kappa shape index (κ3) is 3.80. The fourth-order valence-corrected chi connectivity index (χ4v) is 1.83. The molecule has 1 aliphatic rings. The van der Waals surface area contributed by atoms with Gasteiger partial charge in [-0.15, -0.1) is 0 Å². The van der Waals surface area contributed by atoms with Gasteiger partial charge in [-0.25, -0.2) is 4.99 Å². The lowest BCUT2D eigenvalue weighted by molar-refractivity contribution is -0.115. The van der Waals surface area contributed by atoms with Crippen LogP contribution in [0.25, 0.3) is 6.08 Å². The van der Waals surface area contributed by atoms with Crippen LogP contribution in [-0.4, -0.2) is 58.4 Å². The Kier molecular flexibility index (Phi) is 4.56. The van der Waals surface area contributed by atoms with E-state index in [2.05, 4.69) is 10.3 Å². The minimum absolute atomic E-state index is 0.148. The van der Waals surface area contributed by atoms with Gasteiger partial charge in [-0.2, -0.15) is 0 Å². The van der Waals surface area contributed by atoms with Crippen LogP contribution in [0.1, 0.15) is 5.56 Å². The molecule has 1 unspecified atom stereocenters. The Labute approximate surface area is 121 Å². The average molecular weight is 291 g/mol. The van der Waals surface area contributed by atoms with E-state index in [1.165, 1.54) is 12.1 Å². The van der Waals surface area contributed by atoms with Gasteiger partial charge in [0.25, 0.3) is 5.91 Å². The number of aliphatic imine (C=N–C) groups is 1. The molecular weight excluding hydrogens is 274 g/mol. The van der Waals surface area contributed by atoms with Gasteiger partial charge in [0.2, 0.25) is 5.96 Å². The quantitative estimate of drug-likeness (QED) is 0.560. The molecule has 0 saturated carbocycles. The van der Waals surface area contributed by atoms with Gasteiger partial charge in [-0.1, -0.05) is 12.1 Å². The van der Waals surface area contributed by atoms with Gasteiger partial charge in [0.05, 0.1) is 12.7 Å². The summed E-state index contributed by atoms with van der Waals surface area (Å²) in [6.07, 6.45) is 0.692. The number of hydrogen-bond acceptors (Lipinski definition) is 6. The highest BCUT2D eigenvalue weighted by molar-refractivity contribution is 6.13. The summed E-state index contributed by atoms with van der Waals surface area (Å²) in [6, 6.07) is 6.38. The molecule has 4 N–H and O–H groups in total. The summed E-state index contributed by atoms with van der Waals surface area (Å²) in [5.74, 6) is 0.121. The van der Waals surface area contributed by atoms with Crippen LogP contribution in [0, 0.1) is 0 Å². The van der Waals surface area contributed by atoms with Gasteiger partial charge in [-0.05, 0) is 23.8 Å². The van der Waals surface area contributed by atoms with E-state index < -0.39 is 6.10 Å². The summed E-state index contributed by atoms with van der Waals surface area (Å²) >= 11 is 0. The molecule has 0 fully saturated rings. The summed E-state index contributed by atoms with van der Waals surface area (Å²) in [6.45, 7) is -0.204. The van der Waals surface area contributed by atoms with Crippen LogP contribution in [-0.2, 0) is 4.79 Å². The maximum Gasteiger partial charge on any atom is 0.276 e. The van der Waals surface area contributed by atoms with Crippen LogP contribution in [0.15, 0.2) is 35.0 Å². The van der Waals surface area contributed by atoms with Crippen LogP contribution in [0.3, 0.4) is 0 Å². The summed E-state index contributed by atoms with van der Waals surface area (Å²) in [7, 11) is 1.65. The van der Waals surface area contributed by atoms with Crippen LogP contribution in [0.5, 0.6) is 5.75 Å². The molecule has 112 valence electrons. The van der Waals surface area contributed by atoms with E-state index in [4.69, 9.17) is 5.11 Å². The highest BCUT2D eigenvalue weighted by Gasteiger charge is 2.23. The second-order valence-electron chi connectivity index (χ2n) is 4.73. The topological polar surface area (TPSA) is 105 Å². The number of likely N-dealkylation sites (N-methyl/N-ethyl adjacent to an activating group) is 1. The molecule has 7 heteroatoms. The fourth-order valence-electron chi connectivity index (χ4n) is 1.83. The van der Waals surface area contributed by atoms with E-state index >= 15 is 0 Å². The molecule has 2 rings (SSSR count). The Bertz CT molecular complexity index is 580. The summed E-state index contributed by atoms with van der Waals surface area (Å²) < 4.78 is 0. The molecule has 1 heterocycles. The third-order valence-corrected chi connectivity index (χ3v) is 2.94. The number of carbonyl (C=O) groups is 1. The molecule has 1 aromatic carbocycles. The largest absolute Gasteiger partial charge is 0.508 e. The predicted octanol–water partition coefficient (Wildman–Crippen LogP) is -0.496. The predicted molar refractivity (Wildman–Crippen MR) is 77.4 cm³/mol. The second-order valence-corrected chi connectivity index (χ2v) is 4.73. The first kappa shape index (κ1) is 15.0. The van der Waals surface area contributed by atoms with Crippen molar-refractivity contribution in [2.24, 2.45) is 4.99 Å². The number of carbonyl (C=O) groups excluding carboxylic acids is 1. The number of phenolic OH excluding ortho intramolecular Hbond substituents is 1. The van der Waals surface area contributed by atoms with Crippen molar-refractivity contribution in [3.8, 4) is 5.75 Å². The van der Waals surface area contributed by atoms with E-state index in [0.29, 0.717) is 5.96 Å². The number of amides is 1. The third-order valence-electron chi connectivity index (χ3n) is 2.94. The van der Waals surface area contributed by atoms with E-state index in [9.17, 15) is 15.0 Å². The van der Waals surface area contributed by atoms with Crippen molar-refractivity contribution >= 4 is 17.9 Å². The van der Waals surface area contributed by atoms with Gasteiger partial charge >= 0.3 is 0 Å². The highest BCUT2D eigenvalue weighted by Crippen LogP contribution is 2.15. The SMILES string of the molecule is CN(CC(O)CO)C1=N/C(=C\c2ccc(O)cc2)C(=O)N1. The summed E-state index contributed by atoms with van der Waals surface area (Å²) in [5, 5.41) is 30.0. The molecule has 1 aromatic rings. The number of benzene rings is 1. The molecule has 7 nitrogen and oxygen atoms in total. The van der Waals surface area contributed by atoms with Crippen molar-refractivity contribution in [3.63, 3.8) is 0 Å². The monoisotopic (exact) mass is 291 g/mol. The molecule has 0 spiro atoms. The minimum atomic E-state index is -0.903. The molecule has 0 aliphatic carbocycles. The summed E-state index contributed by atoms with van der Waals surface area (Å²) in [5.41, 5.74) is 0.974. The van der Waals surface area contributed by atoms with Gasteiger partial charge in [0.15, 0.2) is 0 Å². The molecule has 0 radical (unpaired) electrons. The maximum absolute atomic E-state index is 11.8. The molecule has 1 aliphatic heterocycles. The molecule has 1 amide bonds. The van der Waals surface area contributed by atoms with Crippen molar-refractivity contribution in [2.75, 3.05) is 20.2 Å². The Morgan fingerprint density at radius 1 is 1.38 bits per heavy atom. The number of hydrogen-bond donors (Lipinski definition) is 4. The van der Waals surface area contributed by atoms with Gasteiger partial charge in [-0.3, -0.25) is 10.1 Å². The van der Waals surface area contributed by atoms with Crippen molar-refractivity contribution in [1.29, 1.82) is 0 Å². The van der Waals surface area contributed by atoms with Crippen LogP contribution in [0.4, 0.5) is 0 Å². The van der Waals surface area contributed by atoms with Crippen LogP contribution >= 0.6 is 0 Å². The number of nitrogens with zero attached hydrogens (tertiary/aromatic N) is 2. The zero-order chi connectivity index (χ0) is 15.4. The number of phenols is 1. The molecular formula is C14H17N3O4. The maximum atomic E-state index is 11.8. The molecule has 0 saturated heterocycles. The normalized spacial score (nSPS) is 17.6. The number of rotatable bonds is 4. The second kappa shape index (κ2) is 6.38. The number of guanidine groups is 1. The Hall–Kier alpha value is -2.38. The average Bonchev–Trinajstić information content (AvgIpc) is 2.82. The van der Waals surface area contributed by atoms with Crippen LogP contribution in [0.2, 0.25) is 0 Å². The van der Waals surface area contributed by atoms with Crippen LogP contribution < -0.4 is 5.32 Å². The highest BCUT2D eigenvalue weighted by atomic mass is 16.3. The van der Waals surface area contributed by atoms with Crippen molar-refractivity contribution in [3.05, 3.63) is 35.5 Å². The number of aliphatic hydroxyl groups is 2. The number of aliphatic hydroxyl groups excluding tert-OH is 2. The molecule has 0 aromatic heterocycles. The molecule has 21 heavy (non-hydrogen) atoms. The van der Waals surface area contributed by atoms with Crippen molar-refractivity contribution in [2.45, 2.75) is 6.10 Å². The Morgan fingerprint density at radius 3 is 2.67 bits per heavy atom. The zero-order valence-electron chi connectivity index (χ0n) is 11.5. The summed E-state index contributed by atoms with van der Waals surface area (Å²) in [4.78, 5) is 17.5. The van der Waals surface area contributed by atoms with Gasteiger partial charge < -0.3 is 20.2 Å². The van der Waals surface area contributed by atoms with Crippen molar-refractivity contribution < 1.29 is 20.1 Å². The van der Waals surface area contributed by atoms with E-state index in [1.807, 2.05) is 0 Å². The number of nitrogens with one attached hydrogen (secondary N) is 1. The van der Waals surface area contributed by atoms with E-state index in [1.54, 1.807) is 30.2 Å².